The van der Waals surface area contributed by atoms with Gasteiger partial charge in [0.25, 0.3) is 5.69 Å². The van der Waals surface area contributed by atoms with Gasteiger partial charge in [-0.1, -0.05) is 0 Å². The molecule has 0 aliphatic carbocycles. The SMILES string of the molecule is Nc1nc(-c2ccc(C(F)(F)F)cc2[N+](=O)[O-])cs1. The van der Waals surface area contributed by atoms with Crippen LogP contribution in [0.1, 0.15) is 5.56 Å². The second-order valence-corrected chi connectivity index (χ2v) is 4.45. The molecule has 2 aromatic rings. The first-order chi connectivity index (χ1) is 8.79. The summed E-state index contributed by atoms with van der Waals surface area (Å²) in [6, 6.07) is 2.29. The molecule has 0 unspecified atom stereocenters. The Kier molecular flexibility index (Phi) is 3.14. The normalized spacial score (nSPS) is 11.5. The van der Waals surface area contributed by atoms with Gasteiger partial charge < -0.3 is 5.73 Å². The van der Waals surface area contributed by atoms with Gasteiger partial charge in [0.15, 0.2) is 5.13 Å². The molecule has 19 heavy (non-hydrogen) atoms. The average molecular weight is 289 g/mol. The van der Waals surface area contributed by atoms with Gasteiger partial charge in [-0.3, -0.25) is 10.1 Å². The Morgan fingerprint density at radius 1 is 1.37 bits per heavy atom. The van der Waals surface area contributed by atoms with E-state index in [0.717, 1.165) is 23.5 Å². The van der Waals surface area contributed by atoms with Gasteiger partial charge in [0, 0.05) is 11.4 Å². The molecule has 0 aliphatic rings. The van der Waals surface area contributed by atoms with Crippen LogP contribution in [0, 0.1) is 10.1 Å². The minimum absolute atomic E-state index is 0.00551. The Bertz CT molecular complexity index is 639. The summed E-state index contributed by atoms with van der Waals surface area (Å²) in [6.07, 6.45) is -4.63. The van der Waals surface area contributed by atoms with Crippen molar-refractivity contribution in [1.82, 2.24) is 4.98 Å². The van der Waals surface area contributed by atoms with Gasteiger partial charge in [0.05, 0.1) is 21.7 Å². The molecular formula is C10H6F3N3O2S. The van der Waals surface area contributed by atoms with E-state index in [1.165, 1.54) is 5.38 Å². The van der Waals surface area contributed by atoms with E-state index in [-0.39, 0.29) is 16.4 Å². The van der Waals surface area contributed by atoms with E-state index >= 15 is 0 Å². The van der Waals surface area contributed by atoms with Gasteiger partial charge in [0.1, 0.15) is 0 Å². The van der Waals surface area contributed by atoms with E-state index in [1.54, 1.807) is 0 Å². The number of alkyl halides is 3. The molecule has 2 rings (SSSR count). The number of hydrogen-bond acceptors (Lipinski definition) is 5. The molecular weight excluding hydrogens is 283 g/mol. The van der Waals surface area contributed by atoms with E-state index < -0.39 is 22.4 Å². The van der Waals surface area contributed by atoms with E-state index in [9.17, 15) is 23.3 Å². The molecule has 5 nitrogen and oxygen atoms in total. The predicted molar refractivity (Wildman–Crippen MR) is 63.6 cm³/mol. The molecule has 0 saturated carbocycles. The molecule has 0 radical (unpaired) electrons. The molecule has 2 N–H and O–H groups in total. The molecule has 0 fully saturated rings. The first kappa shape index (κ1) is 13.3. The third kappa shape index (κ3) is 2.65. The summed E-state index contributed by atoms with van der Waals surface area (Å²) in [5.74, 6) is 0. The average Bonchev–Trinajstić information content (AvgIpc) is 2.73. The molecule has 1 heterocycles. The van der Waals surface area contributed by atoms with Crippen molar-refractivity contribution in [1.29, 1.82) is 0 Å². The first-order valence-corrected chi connectivity index (χ1v) is 5.74. The van der Waals surface area contributed by atoms with E-state index in [0.29, 0.717) is 6.07 Å². The summed E-state index contributed by atoms with van der Waals surface area (Å²) >= 11 is 1.05. The van der Waals surface area contributed by atoms with Crippen molar-refractivity contribution in [3.8, 4) is 11.3 Å². The summed E-state index contributed by atoms with van der Waals surface area (Å²) in [6.45, 7) is 0. The summed E-state index contributed by atoms with van der Waals surface area (Å²) in [5, 5.41) is 12.5. The highest BCUT2D eigenvalue weighted by atomic mass is 32.1. The van der Waals surface area contributed by atoms with Crippen LogP contribution in [0.4, 0.5) is 24.0 Å². The maximum Gasteiger partial charge on any atom is 0.416 e. The van der Waals surface area contributed by atoms with Gasteiger partial charge in [-0.2, -0.15) is 13.2 Å². The minimum Gasteiger partial charge on any atom is -0.375 e. The van der Waals surface area contributed by atoms with Gasteiger partial charge >= 0.3 is 6.18 Å². The number of nitrogen functional groups attached to an aromatic ring is 1. The van der Waals surface area contributed by atoms with Crippen molar-refractivity contribution in [3.05, 3.63) is 39.3 Å². The Balaban J connectivity index is 2.60. The Morgan fingerprint density at radius 3 is 2.53 bits per heavy atom. The van der Waals surface area contributed by atoms with Crippen molar-refractivity contribution in [2.45, 2.75) is 6.18 Å². The van der Waals surface area contributed by atoms with Crippen molar-refractivity contribution in [3.63, 3.8) is 0 Å². The number of rotatable bonds is 2. The van der Waals surface area contributed by atoms with Crippen LogP contribution in [0.25, 0.3) is 11.3 Å². The zero-order chi connectivity index (χ0) is 14.2. The summed E-state index contributed by atoms with van der Waals surface area (Å²) in [4.78, 5) is 13.8. The van der Waals surface area contributed by atoms with Crippen LogP contribution in [-0.2, 0) is 6.18 Å². The number of nitro benzene ring substituents is 1. The second kappa shape index (κ2) is 4.50. The van der Waals surface area contributed by atoms with Crippen LogP contribution >= 0.6 is 11.3 Å². The predicted octanol–water partition coefficient (Wildman–Crippen LogP) is 3.32. The number of halogens is 3. The molecule has 1 aromatic heterocycles. The van der Waals surface area contributed by atoms with E-state index in [1.807, 2.05) is 0 Å². The number of nitrogens with two attached hydrogens (primary N) is 1. The molecule has 0 amide bonds. The maximum atomic E-state index is 12.5. The summed E-state index contributed by atoms with van der Waals surface area (Å²) in [7, 11) is 0. The highest BCUT2D eigenvalue weighted by Gasteiger charge is 2.33. The number of benzene rings is 1. The zero-order valence-corrected chi connectivity index (χ0v) is 9.96. The van der Waals surface area contributed by atoms with Crippen LogP contribution in [0.2, 0.25) is 0 Å². The fourth-order valence-electron chi connectivity index (χ4n) is 1.49. The van der Waals surface area contributed by atoms with E-state index in [4.69, 9.17) is 5.73 Å². The third-order valence-electron chi connectivity index (χ3n) is 2.32. The quantitative estimate of drug-likeness (QED) is 0.679. The Labute approximate surface area is 108 Å². The topological polar surface area (TPSA) is 82.0 Å². The number of hydrogen-bond donors (Lipinski definition) is 1. The number of nitrogens with zero attached hydrogens (tertiary/aromatic N) is 2. The molecule has 0 saturated heterocycles. The van der Waals surface area contributed by atoms with Crippen LogP contribution in [-0.4, -0.2) is 9.91 Å². The van der Waals surface area contributed by atoms with Gasteiger partial charge in [-0.15, -0.1) is 11.3 Å². The number of aromatic nitrogens is 1. The minimum atomic E-state index is -4.63. The van der Waals surface area contributed by atoms with Crippen LogP contribution in [0.5, 0.6) is 0 Å². The van der Waals surface area contributed by atoms with Crippen molar-refractivity contribution in [2.75, 3.05) is 5.73 Å². The van der Waals surface area contributed by atoms with Crippen LogP contribution in [0.15, 0.2) is 23.6 Å². The smallest absolute Gasteiger partial charge is 0.375 e. The van der Waals surface area contributed by atoms with Gasteiger partial charge in [-0.05, 0) is 12.1 Å². The summed E-state index contributed by atoms with van der Waals surface area (Å²) < 4.78 is 37.5. The molecule has 0 aliphatic heterocycles. The molecule has 0 spiro atoms. The standard InChI is InChI=1S/C10H6F3N3O2S/c11-10(12,13)5-1-2-6(8(3-5)16(17)18)7-4-19-9(14)15-7/h1-4H,(H2,14,15). The second-order valence-electron chi connectivity index (χ2n) is 3.56. The lowest BCUT2D eigenvalue weighted by molar-refractivity contribution is -0.384. The van der Waals surface area contributed by atoms with E-state index in [2.05, 4.69) is 4.98 Å². The lowest BCUT2D eigenvalue weighted by Crippen LogP contribution is -2.06. The summed E-state index contributed by atoms with van der Waals surface area (Å²) in [5.41, 5.74) is 3.86. The molecule has 0 bridgehead atoms. The maximum absolute atomic E-state index is 12.5. The zero-order valence-electron chi connectivity index (χ0n) is 9.14. The van der Waals surface area contributed by atoms with Crippen LogP contribution in [0.3, 0.4) is 0 Å². The number of nitro groups is 1. The molecule has 0 atom stereocenters. The van der Waals surface area contributed by atoms with Crippen molar-refractivity contribution < 1.29 is 18.1 Å². The third-order valence-corrected chi connectivity index (χ3v) is 2.99. The lowest BCUT2D eigenvalue weighted by atomic mass is 10.1. The molecule has 1 aromatic carbocycles. The monoisotopic (exact) mass is 289 g/mol. The molecule has 100 valence electrons. The number of anilines is 1. The van der Waals surface area contributed by atoms with Gasteiger partial charge in [0.2, 0.25) is 0 Å². The van der Waals surface area contributed by atoms with Crippen molar-refractivity contribution in [2.24, 2.45) is 0 Å². The fourth-order valence-corrected chi connectivity index (χ4v) is 2.05. The van der Waals surface area contributed by atoms with Gasteiger partial charge in [-0.25, -0.2) is 4.98 Å². The lowest BCUT2D eigenvalue weighted by Gasteiger charge is -2.07. The highest BCUT2D eigenvalue weighted by molar-refractivity contribution is 7.13. The largest absolute Gasteiger partial charge is 0.416 e. The van der Waals surface area contributed by atoms with Crippen LogP contribution < -0.4 is 5.73 Å². The van der Waals surface area contributed by atoms with Crippen molar-refractivity contribution >= 4 is 22.2 Å². The Morgan fingerprint density at radius 2 is 2.05 bits per heavy atom. The molecule has 9 heteroatoms. The fraction of sp³-hybridized carbons (Fsp3) is 0.100. The first-order valence-electron chi connectivity index (χ1n) is 4.86. The highest BCUT2D eigenvalue weighted by Crippen LogP contribution is 2.37. The number of thiazole rings is 1. The Hall–Kier alpha value is -2.16.